The highest BCUT2D eigenvalue weighted by atomic mass is 16.5. The van der Waals surface area contributed by atoms with E-state index in [4.69, 9.17) is 14.2 Å². The van der Waals surface area contributed by atoms with Gasteiger partial charge in [-0.15, -0.1) is 0 Å². The summed E-state index contributed by atoms with van der Waals surface area (Å²) in [4.78, 5) is 84.8. The first kappa shape index (κ1) is 47.0. The van der Waals surface area contributed by atoms with E-state index in [0.717, 1.165) is 59.4 Å². The predicted octanol–water partition coefficient (Wildman–Crippen LogP) is 7.65. The number of likely N-dealkylation sites (tertiary alicyclic amines) is 2. The van der Waals surface area contributed by atoms with Crippen LogP contribution in [0, 0.1) is 23.7 Å². The van der Waals surface area contributed by atoms with Gasteiger partial charge in [0, 0.05) is 31.6 Å². The number of methoxy groups -OCH3 is 3. The van der Waals surface area contributed by atoms with Crippen LogP contribution in [0.25, 0.3) is 0 Å². The van der Waals surface area contributed by atoms with E-state index in [1.165, 1.54) is 14.2 Å². The number of nitrogens with zero attached hydrogens (tertiary/aromatic N) is 3. The summed E-state index contributed by atoms with van der Waals surface area (Å²) in [6.07, 6.45) is 4.94. The lowest BCUT2D eigenvalue weighted by molar-refractivity contribution is -0.149. The van der Waals surface area contributed by atoms with Crippen molar-refractivity contribution in [2.24, 2.45) is 23.7 Å². The summed E-state index contributed by atoms with van der Waals surface area (Å²) in [5.41, 5.74) is 5.10. The summed E-state index contributed by atoms with van der Waals surface area (Å²) >= 11 is 0. The van der Waals surface area contributed by atoms with Crippen LogP contribution in [0.15, 0.2) is 72.8 Å². The summed E-state index contributed by atoms with van der Waals surface area (Å²) in [5, 5.41) is 0. The van der Waals surface area contributed by atoms with Crippen molar-refractivity contribution >= 4 is 41.0 Å². The molecule has 12 nitrogen and oxygen atoms in total. The Kier molecular flexibility index (Phi) is 15.8. The van der Waals surface area contributed by atoms with Crippen LogP contribution in [-0.2, 0) is 51.1 Å². The smallest absolute Gasteiger partial charge is 0.306 e. The van der Waals surface area contributed by atoms with Gasteiger partial charge in [-0.05, 0) is 96.9 Å². The first-order valence-corrected chi connectivity index (χ1v) is 22.6. The number of hydrogen-bond donors (Lipinski definition) is 0. The van der Waals surface area contributed by atoms with Gasteiger partial charge in [0.05, 0.1) is 70.2 Å². The number of amides is 2. The molecule has 0 spiro atoms. The second kappa shape index (κ2) is 21.2. The minimum Gasteiger partial charge on any atom is -0.497 e. The number of hydrogen-bond acceptors (Lipinski definition) is 10. The molecule has 2 amide bonds. The molecule has 0 N–H and O–H groups in total. The van der Waals surface area contributed by atoms with E-state index >= 15 is 0 Å². The number of esters is 2. The van der Waals surface area contributed by atoms with Gasteiger partial charge in [0.1, 0.15) is 5.75 Å². The Morgan fingerprint density at radius 3 is 1.30 bits per heavy atom. The van der Waals surface area contributed by atoms with E-state index in [1.54, 1.807) is 16.9 Å². The third-order valence-electron chi connectivity index (χ3n) is 13.5. The maximum atomic E-state index is 13.8. The summed E-state index contributed by atoms with van der Waals surface area (Å²) in [7, 11) is 4.30. The van der Waals surface area contributed by atoms with Crippen LogP contribution >= 0.6 is 0 Å². The zero-order valence-corrected chi connectivity index (χ0v) is 38.0. The Balaban J connectivity index is 1.14. The third kappa shape index (κ3) is 11.0. The Bertz CT molecular complexity index is 1960. The first-order chi connectivity index (χ1) is 30.2. The predicted molar refractivity (Wildman–Crippen MR) is 240 cm³/mol. The third-order valence-corrected chi connectivity index (χ3v) is 13.5. The van der Waals surface area contributed by atoms with Crippen molar-refractivity contribution in [3.63, 3.8) is 0 Å². The fraction of sp³-hybridized carbons (Fsp3) is 0.529. The van der Waals surface area contributed by atoms with Gasteiger partial charge in [-0.25, -0.2) is 0 Å². The van der Waals surface area contributed by atoms with Crippen LogP contribution < -0.4 is 9.64 Å². The highest BCUT2D eigenvalue weighted by Gasteiger charge is 2.41. The Morgan fingerprint density at radius 1 is 0.556 bits per heavy atom. The van der Waals surface area contributed by atoms with E-state index in [2.05, 4.69) is 41.3 Å². The largest absolute Gasteiger partial charge is 0.497 e. The van der Waals surface area contributed by atoms with Crippen LogP contribution in [0.2, 0.25) is 0 Å². The van der Waals surface area contributed by atoms with E-state index in [0.29, 0.717) is 25.9 Å². The lowest BCUT2D eigenvalue weighted by atomic mass is 9.90. The molecule has 3 aliphatic rings. The molecule has 0 saturated carbocycles. The monoisotopic (exact) mass is 863 g/mol. The molecule has 3 fully saturated rings. The number of Topliss-reactive ketones (excluding diaryl/α,β-unsaturated/α-hetero) is 2. The van der Waals surface area contributed by atoms with Gasteiger partial charge in [-0.2, -0.15) is 0 Å². The van der Waals surface area contributed by atoms with E-state index in [9.17, 15) is 28.8 Å². The molecule has 3 saturated heterocycles. The number of rotatable bonds is 18. The summed E-state index contributed by atoms with van der Waals surface area (Å²) in [6, 6.07) is 23.7. The number of carbonyl (C=O) groups is 6. The van der Waals surface area contributed by atoms with Gasteiger partial charge in [0.2, 0.25) is 11.8 Å². The average Bonchev–Trinajstić information content (AvgIpc) is 4.08. The van der Waals surface area contributed by atoms with Crippen molar-refractivity contribution in [1.82, 2.24) is 9.80 Å². The lowest BCUT2D eigenvalue weighted by Gasteiger charge is -2.33. The van der Waals surface area contributed by atoms with E-state index in [1.807, 2.05) is 64.1 Å². The summed E-state index contributed by atoms with van der Waals surface area (Å²) in [6.45, 7) is 8.68. The van der Waals surface area contributed by atoms with Gasteiger partial charge in [0.15, 0.2) is 11.6 Å². The molecular weight excluding hydrogens is 799 g/mol. The highest BCUT2D eigenvalue weighted by Crippen LogP contribution is 2.47. The molecule has 338 valence electrons. The maximum Gasteiger partial charge on any atom is 0.306 e. The van der Waals surface area contributed by atoms with Gasteiger partial charge >= 0.3 is 11.9 Å². The second-order valence-electron chi connectivity index (χ2n) is 18.1. The molecule has 3 aromatic carbocycles. The molecule has 0 radical (unpaired) electrons. The van der Waals surface area contributed by atoms with Crippen LogP contribution in [0.3, 0.4) is 0 Å². The number of anilines is 1. The van der Waals surface area contributed by atoms with E-state index in [-0.39, 0.29) is 73.0 Å². The van der Waals surface area contributed by atoms with Crippen LogP contribution in [0.1, 0.15) is 113 Å². The molecule has 0 aromatic heterocycles. The topological polar surface area (TPSA) is 140 Å². The molecule has 6 atom stereocenters. The average molecular weight is 864 g/mol. The molecule has 6 rings (SSSR count). The molecule has 0 bridgehead atoms. The Labute approximate surface area is 372 Å². The van der Waals surface area contributed by atoms with Gasteiger partial charge in [-0.1, -0.05) is 76.2 Å². The van der Waals surface area contributed by atoms with Gasteiger partial charge in [0.25, 0.3) is 0 Å². The fourth-order valence-electron chi connectivity index (χ4n) is 9.83. The zero-order valence-electron chi connectivity index (χ0n) is 38.0. The minimum atomic E-state index is -0.535. The fourth-order valence-corrected chi connectivity index (χ4v) is 9.83. The minimum absolute atomic E-state index is 0.00103. The summed E-state index contributed by atoms with van der Waals surface area (Å²) < 4.78 is 15.2. The van der Waals surface area contributed by atoms with Gasteiger partial charge < -0.3 is 28.9 Å². The molecule has 3 heterocycles. The van der Waals surface area contributed by atoms with Crippen molar-refractivity contribution in [1.29, 1.82) is 0 Å². The second-order valence-corrected chi connectivity index (χ2v) is 18.1. The molecule has 3 aliphatic heterocycles. The molecule has 3 aromatic rings. The molecule has 12 heteroatoms. The first-order valence-electron chi connectivity index (χ1n) is 22.6. The lowest BCUT2D eigenvalue weighted by Crippen LogP contribution is -2.45. The normalized spacial score (nSPS) is 20.8. The maximum absolute atomic E-state index is 13.8. The molecule has 63 heavy (non-hydrogen) atoms. The van der Waals surface area contributed by atoms with Crippen molar-refractivity contribution in [2.75, 3.05) is 39.3 Å². The number of carbonyl (C=O) groups excluding carboxylic acids is 6. The summed E-state index contributed by atoms with van der Waals surface area (Å²) in [5.74, 6) is -1.59. The van der Waals surface area contributed by atoms with Crippen LogP contribution in [-0.4, -0.2) is 91.6 Å². The van der Waals surface area contributed by atoms with Crippen molar-refractivity contribution in [3.05, 3.63) is 95.1 Å². The number of ketones is 2. The van der Waals surface area contributed by atoms with Crippen molar-refractivity contribution in [2.45, 2.75) is 116 Å². The zero-order chi connectivity index (χ0) is 45.4. The SMILES string of the molecule is COC(=O)C[C@H](C(=O)N1CCC[C@H]1C(=O)Cc1ccc(C2CCC(c3ccc(CC(=O)[C@@H]4CCCN4C(=O)[C@@H](CC(=O)OC)C(C)C)cc3)N2c2ccc(OC)cc2)cc1)C(C)C. The van der Waals surface area contributed by atoms with Crippen LogP contribution in [0.5, 0.6) is 5.75 Å². The molecular formula is C51H65N3O9. The number of ether oxygens (including phenoxy) is 3. The van der Waals surface area contributed by atoms with Gasteiger partial charge in [-0.3, -0.25) is 28.8 Å². The van der Waals surface area contributed by atoms with Crippen molar-refractivity contribution in [3.8, 4) is 5.75 Å². The van der Waals surface area contributed by atoms with Crippen LogP contribution in [0.4, 0.5) is 5.69 Å². The van der Waals surface area contributed by atoms with E-state index < -0.39 is 35.9 Å². The highest BCUT2D eigenvalue weighted by molar-refractivity contribution is 5.93. The standard InChI is InChI=1S/C51H65N3O9/c1-32(2)40(30-48(57)62-6)50(59)52-26-8-10-44(52)46(55)28-34-12-16-36(17-13-34)42-24-25-43(54(42)38-20-22-39(61-5)23-21-38)37-18-14-35(15-19-37)29-47(56)45-11-9-27-53(45)51(60)41(33(3)4)31-49(58)63-7/h12-23,32-33,40-45H,8-11,24-31H2,1-7H3/t40-,41-,42?,43?,44-,45-/m0/s1. The Morgan fingerprint density at radius 2 is 0.952 bits per heavy atom. The number of benzene rings is 3. The molecule has 0 aliphatic carbocycles. The molecule has 2 unspecified atom stereocenters. The Hall–Kier alpha value is -5.52. The quantitative estimate of drug-likeness (QED) is 0.117. The van der Waals surface area contributed by atoms with Crippen molar-refractivity contribution < 1.29 is 43.0 Å².